The quantitative estimate of drug-likeness (QED) is 0.617. The lowest BCUT2D eigenvalue weighted by Gasteiger charge is -2.05. The molecule has 0 aliphatic carbocycles. The van der Waals surface area contributed by atoms with Gasteiger partial charge in [-0.15, -0.1) is 0 Å². The van der Waals surface area contributed by atoms with Gasteiger partial charge in [-0.3, -0.25) is 4.79 Å². The van der Waals surface area contributed by atoms with Crippen molar-refractivity contribution in [2.45, 2.75) is 13.3 Å². The Morgan fingerprint density at radius 3 is 2.76 bits per heavy atom. The third-order valence-electron chi connectivity index (χ3n) is 4.27. The minimum absolute atomic E-state index is 0.136. The van der Waals surface area contributed by atoms with E-state index in [0.717, 1.165) is 11.3 Å². The zero-order valence-corrected chi connectivity index (χ0v) is 13.6. The number of phenolic OH excluding ortho intramolecular Hbond substituents is 1. The molecule has 2 aromatic carbocycles. The minimum atomic E-state index is -0.136. The van der Waals surface area contributed by atoms with Crippen molar-refractivity contribution >= 4 is 11.0 Å². The Bertz CT molecular complexity index is 1110. The maximum absolute atomic E-state index is 12.9. The molecule has 0 amide bonds. The fraction of sp³-hybridized carbons (Fsp3) is 0.100. The van der Waals surface area contributed by atoms with Gasteiger partial charge >= 0.3 is 0 Å². The molecule has 0 spiro atoms. The molecule has 5 nitrogen and oxygen atoms in total. The summed E-state index contributed by atoms with van der Waals surface area (Å²) in [6, 6.07) is 12.9. The number of hydrogen-bond acceptors (Lipinski definition) is 4. The van der Waals surface area contributed by atoms with Crippen molar-refractivity contribution < 1.29 is 9.52 Å². The summed E-state index contributed by atoms with van der Waals surface area (Å²) < 4.78 is 7.29. The summed E-state index contributed by atoms with van der Waals surface area (Å²) in [5.41, 5.74) is 3.00. The van der Waals surface area contributed by atoms with Gasteiger partial charge in [-0.1, -0.05) is 25.1 Å². The van der Waals surface area contributed by atoms with E-state index in [1.54, 1.807) is 23.1 Å². The van der Waals surface area contributed by atoms with Gasteiger partial charge in [0, 0.05) is 17.8 Å². The number of fused-ring (bicyclic) bond motifs is 1. The summed E-state index contributed by atoms with van der Waals surface area (Å²) in [5.74, 6) is 0.141. The summed E-state index contributed by atoms with van der Waals surface area (Å²) in [7, 11) is 0. The molecule has 0 unspecified atom stereocenters. The standard InChI is InChI=1S/C20H16N2O3/c1-2-13-8-16-19(9-18(13)23)25-12-17(20(16)24)14-10-21-22(11-14)15-6-4-3-5-7-15/h3-12,23H,2H2,1H3. The molecular formula is C20H16N2O3. The molecule has 25 heavy (non-hydrogen) atoms. The van der Waals surface area contributed by atoms with Crippen LogP contribution in [0.15, 0.2) is 70.3 Å². The molecule has 1 N–H and O–H groups in total. The maximum Gasteiger partial charge on any atom is 0.200 e. The first-order valence-corrected chi connectivity index (χ1v) is 8.05. The van der Waals surface area contributed by atoms with Crippen LogP contribution in [-0.4, -0.2) is 14.9 Å². The first kappa shape index (κ1) is 15.2. The zero-order chi connectivity index (χ0) is 17.4. The van der Waals surface area contributed by atoms with Gasteiger partial charge in [-0.05, 0) is 30.2 Å². The normalized spacial score (nSPS) is 11.1. The minimum Gasteiger partial charge on any atom is -0.508 e. The number of aromatic nitrogens is 2. The van der Waals surface area contributed by atoms with Gasteiger partial charge in [-0.25, -0.2) is 4.68 Å². The predicted molar refractivity (Wildman–Crippen MR) is 96.1 cm³/mol. The number of phenols is 1. The molecule has 0 bridgehead atoms. The highest BCUT2D eigenvalue weighted by Crippen LogP contribution is 2.26. The Kier molecular flexibility index (Phi) is 3.61. The predicted octanol–water partition coefficient (Wildman–Crippen LogP) is 3.91. The van der Waals surface area contributed by atoms with Gasteiger partial charge in [-0.2, -0.15) is 5.10 Å². The van der Waals surface area contributed by atoms with Gasteiger partial charge in [0.2, 0.25) is 5.43 Å². The molecule has 2 aromatic heterocycles. The van der Waals surface area contributed by atoms with Crippen LogP contribution in [0.4, 0.5) is 0 Å². The molecule has 0 saturated heterocycles. The van der Waals surface area contributed by atoms with E-state index < -0.39 is 0 Å². The number of aromatic hydroxyl groups is 1. The second-order valence-corrected chi connectivity index (χ2v) is 5.82. The molecule has 0 saturated carbocycles. The van der Waals surface area contributed by atoms with Gasteiger partial charge < -0.3 is 9.52 Å². The first-order chi connectivity index (χ1) is 12.2. The van der Waals surface area contributed by atoms with Crippen LogP contribution >= 0.6 is 0 Å². The number of para-hydroxylation sites is 1. The fourth-order valence-corrected chi connectivity index (χ4v) is 2.88. The lowest BCUT2D eigenvalue weighted by Crippen LogP contribution is -2.05. The van der Waals surface area contributed by atoms with Gasteiger partial charge in [0.25, 0.3) is 0 Å². The Labute approximate surface area is 143 Å². The van der Waals surface area contributed by atoms with E-state index in [9.17, 15) is 9.90 Å². The summed E-state index contributed by atoms with van der Waals surface area (Å²) >= 11 is 0. The van der Waals surface area contributed by atoms with Crippen LogP contribution in [0.2, 0.25) is 0 Å². The average molecular weight is 332 g/mol. The molecule has 0 aliphatic rings. The van der Waals surface area contributed by atoms with E-state index in [1.165, 1.54) is 12.3 Å². The van der Waals surface area contributed by atoms with Crippen LogP contribution in [0.1, 0.15) is 12.5 Å². The highest BCUT2D eigenvalue weighted by molar-refractivity contribution is 5.83. The highest BCUT2D eigenvalue weighted by atomic mass is 16.3. The van der Waals surface area contributed by atoms with Crippen molar-refractivity contribution in [3.05, 3.63) is 76.9 Å². The van der Waals surface area contributed by atoms with Crippen molar-refractivity contribution in [2.75, 3.05) is 0 Å². The number of nitrogens with zero attached hydrogens (tertiary/aromatic N) is 2. The smallest absolute Gasteiger partial charge is 0.200 e. The zero-order valence-electron chi connectivity index (χ0n) is 13.6. The van der Waals surface area contributed by atoms with Crippen LogP contribution in [-0.2, 0) is 6.42 Å². The molecule has 0 radical (unpaired) electrons. The van der Waals surface area contributed by atoms with E-state index in [2.05, 4.69) is 5.10 Å². The number of hydrogen-bond donors (Lipinski definition) is 1. The maximum atomic E-state index is 12.9. The molecule has 0 fully saturated rings. The second kappa shape index (κ2) is 5.94. The van der Waals surface area contributed by atoms with Gasteiger partial charge in [0.1, 0.15) is 17.6 Å². The molecule has 4 rings (SSSR count). The fourth-order valence-electron chi connectivity index (χ4n) is 2.88. The average Bonchev–Trinajstić information content (AvgIpc) is 3.12. The molecule has 5 heteroatoms. The van der Waals surface area contributed by atoms with Crippen LogP contribution in [0.5, 0.6) is 5.75 Å². The van der Waals surface area contributed by atoms with Crippen LogP contribution in [0.25, 0.3) is 27.8 Å². The van der Waals surface area contributed by atoms with Gasteiger partial charge in [0.15, 0.2) is 0 Å². The second-order valence-electron chi connectivity index (χ2n) is 5.82. The van der Waals surface area contributed by atoms with E-state index in [-0.39, 0.29) is 11.2 Å². The third kappa shape index (κ3) is 2.59. The van der Waals surface area contributed by atoms with Crippen molar-refractivity contribution in [1.82, 2.24) is 9.78 Å². The summed E-state index contributed by atoms with van der Waals surface area (Å²) in [6.45, 7) is 1.93. The Balaban J connectivity index is 1.85. The molecule has 2 heterocycles. The Hall–Kier alpha value is -3.34. The van der Waals surface area contributed by atoms with Crippen molar-refractivity contribution in [3.63, 3.8) is 0 Å². The van der Waals surface area contributed by atoms with Crippen LogP contribution in [0.3, 0.4) is 0 Å². The molecular weight excluding hydrogens is 316 g/mol. The van der Waals surface area contributed by atoms with Crippen molar-refractivity contribution in [3.8, 4) is 22.6 Å². The van der Waals surface area contributed by atoms with Crippen LogP contribution in [0, 0.1) is 0 Å². The summed E-state index contributed by atoms with van der Waals surface area (Å²) in [4.78, 5) is 12.9. The van der Waals surface area contributed by atoms with Crippen LogP contribution < -0.4 is 5.43 Å². The molecule has 0 atom stereocenters. The van der Waals surface area contributed by atoms with Crippen molar-refractivity contribution in [1.29, 1.82) is 0 Å². The molecule has 0 aliphatic heterocycles. The highest BCUT2D eigenvalue weighted by Gasteiger charge is 2.13. The number of aryl methyl sites for hydroxylation is 1. The lowest BCUT2D eigenvalue weighted by atomic mass is 10.0. The Morgan fingerprint density at radius 1 is 1.20 bits per heavy atom. The molecule has 124 valence electrons. The summed E-state index contributed by atoms with van der Waals surface area (Å²) in [5, 5.41) is 14.7. The van der Waals surface area contributed by atoms with E-state index in [1.807, 2.05) is 37.3 Å². The summed E-state index contributed by atoms with van der Waals surface area (Å²) in [6.07, 6.45) is 5.50. The monoisotopic (exact) mass is 332 g/mol. The third-order valence-corrected chi connectivity index (χ3v) is 4.27. The number of benzene rings is 2. The first-order valence-electron chi connectivity index (χ1n) is 8.05. The SMILES string of the molecule is CCc1cc2c(=O)c(-c3cnn(-c4ccccc4)c3)coc2cc1O. The topological polar surface area (TPSA) is 68.3 Å². The van der Waals surface area contributed by atoms with E-state index in [0.29, 0.717) is 28.5 Å². The van der Waals surface area contributed by atoms with E-state index >= 15 is 0 Å². The lowest BCUT2D eigenvalue weighted by molar-refractivity contribution is 0.467. The van der Waals surface area contributed by atoms with E-state index in [4.69, 9.17) is 4.42 Å². The number of rotatable bonds is 3. The Morgan fingerprint density at radius 2 is 2.00 bits per heavy atom. The van der Waals surface area contributed by atoms with Gasteiger partial charge in [0.05, 0.1) is 22.8 Å². The largest absolute Gasteiger partial charge is 0.508 e. The van der Waals surface area contributed by atoms with Crippen molar-refractivity contribution in [2.24, 2.45) is 0 Å². The molecule has 4 aromatic rings.